The molecule has 8 nitrogen and oxygen atoms in total. The predicted molar refractivity (Wildman–Crippen MR) is 99.6 cm³/mol. The Morgan fingerprint density at radius 2 is 1.70 bits per heavy atom. The first kappa shape index (κ1) is 21.0. The average molecular weight is 398 g/mol. The van der Waals surface area contributed by atoms with Gasteiger partial charge in [-0.15, -0.1) is 0 Å². The van der Waals surface area contributed by atoms with Gasteiger partial charge in [0.1, 0.15) is 22.9 Å². The Balaban J connectivity index is 2.34. The molecule has 0 unspecified atom stereocenters. The standard InChI is InChI=1S/C18H24ClN3O5/c1-17(2,3)26-14(23)10-21-9-11-12(7-8-13(19)20-11)22(15(21)24)16(25)27-18(4,5)6/h7-8H,9-10H2,1-6H3. The van der Waals surface area contributed by atoms with Crippen molar-refractivity contribution in [2.75, 3.05) is 11.4 Å². The minimum absolute atomic E-state index is 0.0211. The molecule has 0 spiro atoms. The second kappa shape index (κ2) is 7.34. The lowest BCUT2D eigenvalue weighted by molar-refractivity contribution is -0.155. The molecule has 0 bridgehead atoms. The summed E-state index contributed by atoms with van der Waals surface area (Å²) in [6.45, 7) is 9.96. The number of imide groups is 1. The number of hydrogen-bond acceptors (Lipinski definition) is 6. The van der Waals surface area contributed by atoms with E-state index in [1.54, 1.807) is 41.5 Å². The molecule has 3 amide bonds. The maximum Gasteiger partial charge on any atom is 0.423 e. The van der Waals surface area contributed by atoms with Crippen LogP contribution in [0.3, 0.4) is 0 Å². The van der Waals surface area contributed by atoms with E-state index in [0.717, 1.165) is 4.90 Å². The monoisotopic (exact) mass is 397 g/mol. The number of esters is 1. The van der Waals surface area contributed by atoms with Gasteiger partial charge in [0.25, 0.3) is 0 Å². The molecular formula is C18H24ClN3O5. The second-order valence-electron chi connectivity index (χ2n) is 8.14. The van der Waals surface area contributed by atoms with Crippen molar-refractivity contribution in [2.45, 2.75) is 59.3 Å². The van der Waals surface area contributed by atoms with Crippen LogP contribution in [-0.4, -0.2) is 45.7 Å². The van der Waals surface area contributed by atoms with Crippen molar-refractivity contribution in [3.63, 3.8) is 0 Å². The van der Waals surface area contributed by atoms with E-state index in [0.29, 0.717) is 5.69 Å². The topological polar surface area (TPSA) is 89.0 Å². The van der Waals surface area contributed by atoms with Gasteiger partial charge in [0.05, 0.1) is 17.9 Å². The van der Waals surface area contributed by atoms with Gasteiger partial charge in [-0.25, -0.2) is 14.6 Å². The van der Waals surface area contributed by atoms with Crippen molar-refractivity contribution in [1.82, 2.24) is 9.88 Å². The van der Waals surface area contributed by atoms with Crippen LogP contribution >= 0.6 is 11.6 Å². The van der Waals surface area contributed by atoms with Gasteiger partial charge >= 0.3 is 18.1 Å². The van der Waals surface area contributed by atoms with Gasteiger partial charge in [0.2, 0.25) is 0 Å². The van der Waals surface area contributed by atoms with Crippen molar-refractivity contribution >= 4 is 35.4 Å². The van der Waals surface area contributed by atoms with E-state index < -0.39 is 29.3 Å². The van der Waals surface area contributed by atoms with E-state index in [1.807, 2.05) is 0 Å². The molecule has 1 aromatic heterocycles. The van der Waals surface area contributed by atoms with E-state index in [2.05, 4.69) is 4.98 Å². The number of nitrogens with zero attached hydrogens (tertiary/aromatic N) is 3. The molecule has 0 N–H and O–H groups in total. The summed E-state index contributed by atoms with van der Waals surface area (Å²) in [6.07, 6.45) is -0.855. The highest BCUT2D eigenvalue weighted by molar-refractivity contribution is 6.29. The van der Waals surface area contributed by atoms with Gasteiger partial charge in [-0.1, -0.05) is 11.6 Å². The lowest BCUT2D eigenvalue weighted by Gasteiger charge is -2.35. The second-order valence-corrected chi connectivity index (χ2v) is 8.53. The van der Waals surface area contributed by atoms with Crippen molar-refractivity contribution in [3.05, 3.63) is 23.0 Å². The lowest BCUT2D eigenvalue weighted by Crippen LogP contribution is -2.53. The molecule has 1 aliphatic heterocycles. The molecule has 0 aromatic carbocycles. The van der Waals surface area contributed by atoms with E-state index in [1.165, 1.54) is 17.0 Å². The number of rotatable bonds is 2. The summed E-state index contributed by atoms with van der Waals surface area (Å²) in [5.41, 5.74) is -0.832. The van der Waals surface area contributed by atoms with Crippen molar-refractivity contribution < 1.29 is 23.9 Å². The summed E-state index contributed by atoms with van der Waals surface area (Å²) in [4.78, 5) is 43.9. The molecule has 2 heterocycles. The van der Waals surface area contributed by atoms with E-state index in [9.17, 15) is 14.4 Å². The zero-order valence-electron chi connectivity index (χ0n) is 16.3. The highest BCUT2D eigenvalue weighted by Gasteiger charge is 2.39. The van der Waals surface area contributed by atoms with Crippen molar-refractivity contribution in [3.8, 4) is 0 Å². The summed E-state index contributed by atoms with van der Waals surface area (Å²) >= 11 is 5.95. The fraction of sp³-hybridized carbons (Fsp3) is 0.556. The van der Waals surface area contributed by atoms with Gasteiger partial charge in [-0.3, -0.25) is 4.79 Å². The summed E-state index contributed by atoms with van der Waals surface area (Å²) in [7, 11) is 0. The molecule has 27 heavy (non-hydrogen) atoms. The molecule has 0 radical (unpaired) electrons. The molecule has 2 rings (SSSR count). The van der Waals surface area contributed by atoms with Crippen LogP contribution in [0, 0.1) is 0 Å². The molecule has 1 aromatic rings. The van der Waals surface area contributed by atoms with Gasteiger partial charge in [0.15, 0.2) is 0 Å². The van der Waals surface area contributed by atoms with E-state index in [-0.39, 0.29) is 23.9 Å². The first-order chi connectivity index (χ1) is 12.3. The number of pyridine rings is 1. The van der Waals surface area contributed by atoms with Gasteiger partial charge in [-0.05, 0) is 53.7 Å². The van der Waals surface area contributed by atoms with Crippen LogP contribution in [0.4, 0.5) is 15.3 Å². The Bertz CT molecular complexity index is 767. The number of ether oxygens (including phenoxy) is 2. The summed E-state index contributed by atoms with van der Waals surface area (Å²) < 4.78 is 10.6. The lowest BCUT2D eigenvalue weighted by atomic mass is 10.2. The predicted octanol–water partition coefficient (Wildman–Crippen LogP) is 3.75. The highest BCUT2D eigenvalue weighted by atomic mass is 35.5. The van der Waals surface area contributed by atoms with Gasteiger partial charge < -0.3 is 14.4 Å². The zero-order chi connectivity index (χ0) is 20.6. The molecule has 1 aliphatic rings. The maximum atomic E-state index is 12.9. The largest absolute Gasteiger partial charge is 0.459 e. The van der Waals surface area contributed by atoms with Gasteiger partial charge in [0, 0.05) is 0 Å². The molecular weight excluding hydrogens is 374 g/mol. The third kappa shape index (κ3) is 5.56. The summed E-state index contributed by atoms with van der Waals surface area (Å²) in [6, 6.07) is 2.32. The van der Waals surface area contributed by atoms with Crippen molar-refractivity contribution in [2.24, 2.45) is 0 Å². The average Bonchev–Trinajstić information content (AvgIpc) is 2.44. The molecule has 0 saturated carbocycles. The third-order valence-electron chi connectivity index (χ3n) is 3.28. The first-order valence-electron chi connectivity index (χ1n) is 8.46. The molecule has 0 fully saturated rings. The number of urea groups is 1. The smallest absolute Gasteiger partial charge is 0.423 e. The van der Waals surface area contributed by atoms with Crippen molar-refractivity contribution in [1.29, 1.82) is 0 Å². The number of halogens is 1. The Hall–Kier alpha value is -2.35. The summed E-state index contributed by atoms with van der Waals surface area (Å²) in [5.74, 6) is -0.592. The SMILES string of the molecule is CC(C)(C)OC(=O)CN1Cc2nc(Cl)ccc2N(C(=O)OC(C)(C)C)C1=O. The van der Waals surface area contributed by atoms with Crippen LogP contribution < -0.4 is 4.90 Å². The molecule has 0 aliphatic carbocycles. The fourth-order valence-electron chi connectivity index (χ4n) is 2.42. The Labute approximate surface area is 163 Å². The summed E-state index contributed by atoms with van der Waals surface area (Å²) in [5, 5.41) is 0.212. The quantitative estimate of drug-likeness (QED) is 0.557. The third-order valence-corrected chi connectivity index (χ3v) is 3.49. The Morgan fingerprint density at radius 1 is 1.11 bits per heavy atom. The minimum atomic E-state index is -0.855. The van der Waals surface area contributed by atoms with Gasteiger partial charge in [-0.2, -0.15) is 4.90 Å². The molecule has 0 atom stereocenters. The van der Waals surface area contributed by atoms with Crippen LogP contribution in [-0.2, 0) is 20.8 Å². The molecule has 148 valence electrons. The number of fused-ring (bicyclic) bond motifs is 1. The normalized spacial score (nSPS) is 14.7. The van der Waals surface area contributed by atoms with Crippen LogP contribution in [0.25, 0.3) is 0 Å². The number of aromatic nitrogens is 1. The highest BCUT2D eigenvalue weighted by Crippen LogP contribution is 2.30. The number of carbonyl (C=O) groups is 3. The number of anilines is 1. The Kier molecular flexibility index (Phi) is 5.70. The first-order valence-corrected chi connectivity index (χ1v) is 8.84. The number of hydrogen-bond donors (Lipinski definition) is 0. The zero-order valence-corrected chi connectivity index (χ0v) is 17.1. The number of carbonyl (C=O) groups excluding carboxylic acids is 3. The maximum absolute atomic E-state index is 12.9. The fourth-order valence-corrected chi connectivity index (χ4v) is 2.58. The van der Waals surface area contributed by atoms with Crippen LogP contribution in [0.15, 0.2) is 12.1 Å². The minimum Gasteiger partial charge on any atom is -0.459 e. The van der Waals surface area contributed by atoms with E-state index >= 15 is 0 Å². The number of amides is 3. The van der Waals surface area contributed by atoms with Crippen LogP contribution in [0.1, 0.15) is 47.2 Å². The molecule has 0 saturated heterocycles. The molecule has 9 heteroatoms. The van der Waals surface area contributed by atoms with E-state index in [4.69, 9.17) is 21.1 Å². The van der Waals surface area contributed by atoms with Crippen LogP contribution in [0.5, 0.6) is 0 Å². The van der Waals surface area contributed by atoms with Crippen LogP contribution in [0.2, 0.25) is 5.15 Å². The Morgan fingerprint density at radius 3 is 2.26 bits per heavy atom.